The zero-order valence-electron chi connectivity index (χ0n) is 16.1. The van der Waals surface area contributed by atoms with E-state index in [0.717, 1.165) is 17.3 Å². The second-order valence-electron chi connectivity index (χ2n) is 7.30. The Kier molecular flexibility index (Phi) is 5.55. The van der Waals surface area contributed by atoms with Crippen LogP contribution in [-0.4, -0.2) is 39.1 Å². The van der Waals surface area contributed by atoms with Crippen LogP contribution < -0.4 is 5.32 Å². The summed E-state index contributed by atoms with van der Waals surface area (Å²) < 4.78 is 15.3. The van der Waals surface area contributed by atoms with Crippen LogP contribution in [0.3, 0.4) is 0 Å². The Labute approximate surface area is 168 Å². The number of nitrogens with zero attached hydrogens (tertiary/aromatic N) is 3. The maximum Gasteiger partial charge on any atom is 0.242 e. The second-order valence-corrected chi connectivity index (χ2v) is 7.30. The number of carbonyl (C=O) groups excluding carboxylic acids is 2. The fourth-order valence-electron chi connectivity index (χ4n) is 3.74. The topological polar surface area (TPSA) is 67.2 Å². The Bertz CT molecular complexity index is 999. The molecule has 2 heterocycles. The number of rotatable bonds is 7. The molecule has 1 aliphatic heterocycles. The molecule has 1 fully saturated rings. The highest BCUT2D eigenvalue weighted by Gasteiger charge is 2.35. The van der Waals surface area contributed by atoms with E-state index >= 15 is 0 Å². The molecule has 150 valence electrons. The highest BCUT2D eigenvalue weighted by Crippen LogP contribution is 2.22. The summed E-state index contributed by atoms with van der Waals surface area (Å²) in [5.74, 6) is -0.572. The molecule has 1 aliphatic rings. The van der Waals surface area contributed by atoms with Crippen molar-refractivity contribution in [2.24, 2.45) is 0 Å². The number of benzene rings is 2. The van der Waals surface area contributed by atoms with Crippen molar-refractivity contribution in [2.45, 2.75) is 38.4 Å². The number of halogens is 1. The molecule has 1 N–H and O–H groups in total. The number of nitrogens with one attached hydrogen (secondary N) is 1. The molecular formula is C22H23FN4O2. The Morgan fingerprint density at radius 3 is 2.90 bits per heavy atom. The van der Waals surface area contributed by atoms with E-state index in [1.54, 1.807) is 17.0 Å². The Morgan fingerprint density at radius 1 is 1.21 bits per heavy atom. The average Bonchev–Trinajstić information content (AvgIpc) is 3.28. The number of hydrogen-bond donors (Lipinski definition) is 1. The van der Waals surface area contributed by atoms with Crippen LogP contribution in [0.2, 0.25) is 0 Å². The third kappa shape index (κ3) is 4.45. The lowest BCUT2D eigenvalue weighted by Gasteiger charge is -2.24. The third-order valence-electron chi connectivity index (χ3n) is 5.20. The van der Waals surface area contributed by atoms with E-state index in [1.807, 2.05) is 35.1 Å². The second kappa shape index (κ2) is 8.43. The summed E-state index contributed by atoms with van der Waals surface area (Å²) in [4.78, 5) is 26.4. The van der Waals surface area contributed by atoms with Crippen LogP contribution in [0.4, 0.5) is 4.39 Å². The number of carbonyl (C=O) groups is 2. The molecule has 0 saturated carbocycles. The van der Waals surface area contributed by atoms with Crippen molar-refractivity contribution < 1.29 is 14.0 Å². The summed E-state index contributed by atoms with van der Waals surface area (Å²) in [6.07, 6.45) is 3.57. The van der Waals surface area contributed by atoms with Crippen LogP contribution in [0.15, 0.2) is 54.7 Å². The van der Waals surface area contributed by atoms with Crippen molar-refractivity contribution in [1.82, 2.24) is 20.0 Å². The summed E-state index contributed by atoms with van der Waals surface area (Å²) in [6, 6.07) is 13.6. The van der Waals surface area contributed by atoms with Gasteiger partial charge in [0.25, 0.3) is 0 Å². The summed E-state index contributed by atoms with van der Waals surface area (Å²) >= 11 is 0. The quantitative estimate of drug-likeness (QED) is 0.627. The fourth-order valence-corrected chi connectivity index (χ4v) is 3.74. The van der Waals surface area contributed by atoms with E-state index in [-0.39, 0.29) is 24.2 Å². The average molecular weight is 394 g/mol. The molecule has 0 radical (unpaired) electrons. The van der Waals surface area contributed by atoms with Gasteiger partial charge in [-0.25, -0.2) is 4.39 Å². The summed E-state index contributed by atoms with van der Waals surface area (Å²) in [5, 5.41) is 8.52. The predicted octanol–water partition coefficient (Wildman–Crippen LogP) is 2.87. The molecule has 1 aromatic heterocycles. The molecule has 2 amide bonds. The van der Waals surface area contributed by atoms with E-state index in [9.17, 15) is 14.0 Å². The van der Waals surface area contributed by atoms with Gasteiger partial charge in [0.1, 0.15) is 11.9 Å². The van der Waals surface area contributed by atoms with Crippen LogP contribution in [-0.2, 0) is 22.7 Å². The molecule has 1 atom stereocenters. The van der Waals surface area contributed by atoms with E-state index < -0.39 is 6.04 Å². The van der Waals surface area contributed by atoms with Crippen molar-refractivity contribution in [3.05, 3.63) is 66.1 Å². The molecule has 2 aromatic carbocycles. The van der Waals surface area contributed by atoms with Crippen molar-refractivity contribution >= 4 is 22.7 Å². The number of aromatic nitrogens is 2. The zero-order valence-corrected chi connectivity index (χ0v) is 16.1. The van der Waals surface area contributed by atoms with E-state index in [2.05, 4.69) is 10.4 Å². The molecule has 7 heteroatoms. The molecule has 4 rings (SSSR count). The lowest BCUT2D eigenvalue weighted by molar-refractivity contribution is -0.135. The van der Waals surface area contributed by atoms with Crippen LogP contribution in [0.1, 0.15) is 24.8 Å². The number of aryl methyl sites for hydroxylation is 1. The van der Waals surface area contributed by atoms with Crippen LogP contribution in [0, 0.1) is 5.82 Å². The van der Waals surface area contributed by atoms with Crippen molar-refractivity contribution in [1.29, 1.82) is 0 Å². The lowest BCUT2D eigenvalue weighted by Crippen LogP contribution is -2.44. The van der Waals surface area contributed by atoms with Crippen molar-refractivity contribution in [2.75, 3.05) is 6.54 Å². The molecule has 29 heavy (non-hydrogen) atoms. The van der Waals surface area contributed by atoms with E-state index in [1.165, 1.54) is 12.1 Å². The standard InChI is InChI=1S/C22H23FN4O2/c23-18-7-3-5-16(13-18)14-27-20(9-10-21(27)28)22(29)24-11-4-12-26-15-17-6-1-2-8-19(17)25-26/h1-3,5-8,13,15,20H,4,9-12,14H2,(H,24,29). The van der Waals surface area contributed by atoms with Gasteiger partial charge in [-0.3, -0.25) is 14.3 Å². The normalized spacial score (nSPS) is 16.5. The first kappa shape index (κ1) is 19.1. The first-order valence-electron chi connectivity index (χ1n) is 9.84. The van der Waals surface area contributed by atoms with Gasteiger partial charge < -0.3 is 10.2 Å². The highest BCUT2D eigenvalue weighted by molar-refractivity contribution is 5.90. The number of fused-ring (bicyclic) bond motifs is 1. The fraction of sp³-hybridized carbons (Fsp3) is 0.318. The van der Waals surface area contributed by atoms with E-state index in [0.29, 0.717) is 31.5 Å². The molecular weight excluding hydrogens is 371 g/mol. The van der Waals surface area contributed by atoms with Crippen molar-refractivity contribution in [3.8, 4) is 0 Å². The molecule has 1 unspecified atom stereocenters. The SMILES string of the molecule is O=C(NCCCn1cc2ccccc2n1)C1CCC(=O)N1Cc1cccc(F)c1. The zero-order chi connectivity index (χ0) is 20.2. The molecule has 3 aromatic rings. The lowest BCUT2D eigenvalue weighted by atomic mass is 10.1. The Balaban J connectivity index is 1.29. The maximum absolute atomic E-state index is 13.4. The van der Waals surface area contributed by atoms with Gasteiger partial charge in [-0.05, 0) is 36.6 Å². The molecule has 0 spiro atoms. The Hall–Kier alpha value is -3.22. The largest absolute Gasteiger partial charge is 0.354 e. The summed E-state index contributed by atoms with van der Waals surface area (Å²) in [5.41, 5.74) is 1.64. The van der Waals surface area contributed by atoms with Gasteiger partial charge in [-0.2, -0.15) is 5.10 Å². The minimum Gasteiger partial charge on any atom is -0.354 e. The van der Waals surface area contributed by atoms with Gasteiger partial charge in [-0.15, -0.1) is 0 Å². The van der Waals surface area contributed by atoms with Gasteiger partial charge >= 0.3 is 0 Å². The smallest absolute Gasteiger partial charge is 0.242 e. The van der Waals surface area contributed by atoms with Crippen LogP contribution in [0.25, 0.3) is 10.9 Å². The van der Waals surface area contributed by atoms with Gasteiger partial charge in [0.05, 0.1) is 5.52 Å². The number of amides is 2. The van der Waals surface area contributed by atoms with Gasteiger partial charge in [0.15, 0.2) is 0 Å². The van der Waals surface area contributed by atoms with Gasteiger partial charge in [0, 0.05) is 37.6 Å². The maximum atomic E-state index is 13.4. The molecule has 6 nitrogen and oxygen atoms in total. The minimum atomic E-state index is -0.502. The van der Waals surface area contributed by atoms with Crippen LogP contribution >= 0.6 is 0 Å². The molecule has 0 bridgehead atoms. The van der Waals surface area contributed by atoms with Gasteiger partial charge in [-0.1, -0.05) is 30.3 Å². The summed E-state index contributed by atoms with van der Waals surface area (Å²) in [7, 11) is 0. The van der Waals surface area contributed by atoms with Gasteiger partial charge in [0.2, 0.25) is 11.8 Å². The van der Waals surface area contributed by atoms with E-state index in [4.69, 9.17) is 0 Å². The summed E-state index contributed by atoms with van der Waals surface area (Å²) in [6.45, 7) is 1.45. The number of likely N-dealkylation sites (tertiary alicyclic amines) is 1. The first-order valence-corrected chi connectivity index (χ1v) is 9.84. The first-order chi connectivity index (χ1) is 14.1. The minimum absolute atomic E-state index is 0.0716. The highest BCUT2D eigenvalue weighted by atomic mass is 19.1. The van der Waals surface area contributed by atoms with Crippen molar-refractivity contribution in [3.63, 3.8) is 0 Å². The number of hydrogen-bond acceptors (Lipinski definition) is 3. The van der Waals surface area contributed by atoms with Crippen LogP contribution in [0.5, 0.6) is 0 Å². The Morgan fingerprint density at radius 2 is 2.07 bits per heavy atom. The monoisotopic (exact) mass is 394 g/mol. The molecule has 0 aliphatic carbocycles. The predicted molar refractivity (Wildman–Crippen MR) is 107 cm³/mol. The third-order valence-corrected chi connectivity index (χ3v) is 5.20. The molecule has 1 saturated heterocycles.